The summed E-state index contributed by atoms with van der Waals surface area (Å²) in [6, 6.07) is 12.6. The highest BCUT2D eigenvalue weighted by Crippen LogP contribution is 2.21. The molecule has 2 aromatic heterocycles. The van der Waals surface area contributed by atoms with Gasteiger partial charge in [-0.2, -0.15) is 0 Å². The van der Waals surface area contributed by atoms with E-state index in [1.165, 1.54) is 24.3 Å². The van der Waals surface area contributed by atoms with Crippen molar-refractivity contribution in [2.75, 3.05) is 6.54 Å². The molecule has 0 fully saturated rings. The van der Waals surface area contributed by atoms with Crippen LogP contribution in [0.25, 0.3) is 22.5 Å². The van der Waals surface area contributed by atoms with Gasteiger partial charge in [-0.15, -0.1) is 0 Å². The number of hydrogen-bond acceptors (Lipinski definition) is 4. The second kappa shape index (κ2) is 8.95. The fourth-order valence-electron chi connectivity index (χ4n) is 3.83. The molecule has 0 spiro atoms. The number of carbonyl (C=O) groups is 1. The SMILES string of the molecule is Fc1ccc(-c2cn3c(n2)CNCC3)cc1.O=C1Cn2cc(-c3ccc(F)cc3)nc2CN1. The van der Waals surface area contributed by atoms with Crippen LogP contribution in [0.5, 0.6) is 0 Å². The number of hydrogen-bond donors (Lipinski definition) is 2. The van der Waals surface area contributed by atoms with Crippen molar-refractivity contribution in [3.8, 4) is 22.5 Å². The maximum Gasteiger partial charge on any atom is 0.240 e. The molecule has 0 unspecified atom stereocenters. The standard InChI is InChI=1S/C12H10FN3O.C12H12FN3/c13-9-3-1-8(2-4-9)10-6-16-7-12(17)14-5-11(16)15-10;13-10-3-1-9(2-4-10)11-8-16-6-5-14-7-12(16)15-11/h1-4,6H,5,7H2,(H,14,17);1-4,8,14H,5-7H2. The average molecular weight is 448 g/mol. The Hall–Kier alpha value is -3.85. The normalized spacial score (nSPS) is 14.5. The highest BCUT2D eigenvalue weighted by Gasteiger charge is 2.17. The second-order valence-electron chi connectivity index (χ2n) is 7.87. The molecular weight excluding hydrogens is 426 g/mol. The Morgan fingerprint density at radius 1 is 0.758 bits per heavy atom. The molecule has 2 aliphatic rings. The third kappa shape index (κ3) is 4.68. The molecule has 0 atom stereocenters. The molecule has 0 bridgehead atoms. The van der Waals surface area contributed by atoms with Gasteiger partial charge in [-0.1, -0.05) is 0 Å². The number of imidazole rings is 2. The number of amides is 1. The first-order valence-electron chi connectivity index (χ1n) is 10.7. The van der Waals surface area contributed by atoms with E-state index >= 15 is 0 Å². The number of nitrogens with zero attached hydrogens (tertiary/aromatic N) is 4. The third-order valence-electron chi connectivity index (χ3n) is 5.57. The molecule has 6 rings (SSSR count). The minimum absolute atomic E-state index is 0.0134. The van der Waals surface area contributed by atoms with Crippen LogP contribution >= 0.6 is 0 Å². The zero-order chi connectivity index (χ0) is 22.8. The summed E-state index contributed by atoms with van der Waals surface area (Å²) in [6.07, 6.45) is 3.85. The van der Waals surface area contributed by atoms with Crippen molar-refractivity contribution in [1.29, 1.82) is 0 Å². The molecule has 4 aromatic rings. The van der Waals surface area contributed by atoms with Gasteiger partial charge in [0, 0.05) is 36.6 Å². The highest BCUT2D eigenvalue weighted by atomic mass is 19.1. The lowest BCUT2D eigenvalue weighted by Crippen LogP contribution is -2.33. The Kier molecular flexibility index (Phi) is 5.70. The first-order valence-corrected chi connectivity index (χ1v) is 10.7. The molecule has 9 heteroatoms. The van der Waals surface area contributed by atoms with Crippen LogP contribution in [0.2, 0.25) is 0 Å². The third-order valence-corrected chi connectivity index (χ3v) is 5.57. The van der Waals surface area contributed by atoms with Crippen molar-refractivity contribution in [3.05, 3.63) is 84.2 Å². The summed E-state index contributed by atoms with van der Waals surface area (Å²) in [6.45, 7) is 3.47. The molecule has 2 N–H and O–H groups in total. The Morgan fingerprint density at radius 3 is 1.88 bits per heavy atom. The van der Waals surface area contributed by atoms with Gasteiger partial charge in [-0.05, 0) is 48.5 Å². The number of nitrogens with one attached hydrogen (secondary N) is 2. The van der Waals surface area contributed by atoms with Gasteiger partial charge in [-0.25, -0.2) is 18.7 Å². The summed E-state index contributed by atoms with van der Waals surface area (Å²) in [7, 11) is 0. The summed E-state index contributed by atoms with van der Waals surface area (Å²) >= 11 is 0. The summed E-state index contributed by atoms with van der Waals surface area (Å²) in [4.78, 5) is 20.1. The predicted molar refractivity (Wildman–Crippen MR) is 119 cm³/mol. The Bertz CT molecular complexity index is 1250. The molecule has 2 aromatic carbocycles. The van der Waals surface area contributed by atoms with Crippen LogP contribution in [0.1, 0.15) is 11.6 Å². The van der Waals surface area contributed by atoms with Crippen LogP contribution in [0.3, 0.4) is 0 Å². The van der Waals surface area contributed by atoms with E-state index in [0.29, 0.717) is 13.1 Å². The molecule has 0 saturated heterocycles. The molecule has 0 aliphatic carbocycles. The lowest BCUT2D eigenvalue weighted by molar-refractivity contribution is -0.122. The number of benzene rings is 2. The van der Waals surface area contributed by atoms with Crippen molar-refractivity contribution in [1.82, 2.24) is 29.7 Å². The van der Waals surface area contributed by atoms with Gasteiger partial charge in [0.15, 0.2) is 0 Å². The van der Waals surface area contributed by atoms with E-state index in [2.05, 4.69) is 25.2 Å². The van der Waals surface area contributed by atoms with E-state index in [4.69, 9.17) is 0 Å². The van der Waals surface area contributed by atoms with Crippen molar-refractivity contribution in [3.63, 3.8) is 0 Å². The minimum Gasteiger partial charge on any atom is -0.347 e. The van der Waals surface area contributed by atoms with Crippen LogP contribution < -0.4 is 10.6 Å². The number of carbonyl (C=O) groups excluding carboxylic acids is 1. The molecule has 168 valence electrons. The first-order chi connectivity index (χ1) is 16.0. The molecule has 4 heterocycles. The van der Waals surface area contributed by atoms with E-state index in [0.717, 1.165) is 53.8 Å². The molecular formula is C24H22F2N6O. The van der Waals surface area contributed by atoms with Gasteiger partial charge in [0.2, 0.25) is 5.91 Å². The van der Waals surface area contributed by atoms with Crippen LogP contribution in [0, 0.1) is 11.6 Å². The monoisotopic (exact) mass is 448 g/mol. The van der Waals surface area contributed by atoms with E-state index in [1.54, 1.807) is 24.3 Å². The summed E-state index contributed by atoms with van der Waals surface area (Å²) in [5.41, 5.74) is 3.49. The van der Waals surface area contributed by atoms with Gasteiger partial charge in [0.05, 0.1) is 24.5 Å². The number of aromatic nitrogens is 4. The summed E-state index contributed by atoms with van der Waals surface area (Å²) in [5, 5.41) is 6.00. The van der Waals surface area contributed by atoms with Crippen LogP contribution in [0.15, 0.2) is 60.9 Å². The second-order valence-corrected chi connectivity index (χ2v) is 7.87. The molecule has 2 aliphatic heterocycles. The smallest absolute Gasteiger partial charge is 0.240 e. The highest BCUT2D eigenvalue weighted by molar-refractivity contribution is 5.77. The van der Waals surface area contributed by atoms with Crippen LogP contribution in [-0.4, -0.2) is 31.6 Å². The molecule has 33 heavy (non-hydrogen) atoms. The number of fused-ring (bicyclic) bond motifs is 2. The van der Waals surface area contributed by atoms with Crippen molar-refractivity contribution < 1.29 is 13.6 Å². The lowest BCUT2D eigenvalue weighted by Gasteiger charge is -2.13. The van der Waals surface area contributed by atoms with E-state index in [9.17, 15) is 13.6 Å². The topological polar surface area (TPSA) is 76.8 Å². The van der Waals surface area contributed by atoms with Crippen molar-refractivity contribution in [2.45, 2.75) is 26.2 Å². The predicted octanol–water partition coefficient (Wildman–Crippen LogP) is 3.11. The van der Waals surface area contributed by atoms with Gasteiger partial charge in [0.25, 0.3) is 0 Å². The van der Waals surface area contributed by atoms with Gasteiger partial charge in [0.1, 0.15) is 29.8 Å². The zero-order valence-electron chi connectivity index (χ0n) is 17.8. The van der Waals surface area contributed by atoms with E-state index in [-0.39, 0.29) is 17.5 Å². The molecule has 0 radical (unpaired) electrons. The van der Waals surface area contributed by atoms with Gasteiger partial charge < -0.3 is 19.8 Å². The quantitative estimate of drug-likeness (QED) is 0.494. The van der Waals surface area contributed by atoms with Crippen molar-refractivity contribution in [2.24, 2.45) is 0 Å². The van der Waals surface area contributed by atoms with E-state index < -0.39 is 0 Å². The molecule has 1 amide bonds. The molecule has 0 saturated carbocycles. The van der Waals surface area contributed by atoms with Crippen LogP contribution in [0.4, 0.5) is 8.78 Å². The van der Waals surface area contributed by atoms with Gasteiger partial charge >= 0.3 is 0 Å². The largest absolute Gasteiger partial charge is 0.347 e. The maximum atomic E-state index is 12.8. The zero-order valence-corrected chi connectivity index (χ0v) is 17.8. The van der Waals surface area contributed by atoms with Crippen molar-refractivity contribution >= 4 is 5.91 Å². The minimum atomic E-state index is -0.269. The fraction of sp³-hybridized carbons (Fsp3) is 0.208. The summed E-state index contributed by atoms with van der Waals surface area (Å²) < 4.78 is 29.6. The first kappa shape index (κ1) is 21.0. The Morgan fingerprint density at radius 2 is 1.30 bits per heavy atom. The van der Waals surface area contributed by atoms with Crippen LogP contribution in [-0.2, 0) is 31.0 Å². The Balaban J connectivity index is 0.000000139. The fourth-order valence-corrected chi connectivity index (χ4v) is 3.83. The van der Waals surface area contributed by atoms with Gasteiger partial charge in [-0.3, -0.25) is 4.79 Å². The number of rotatable bonds is 2. The maximum absolute atomic E-state index is 12.8. The summed E-state index contributed by atoms with van der Waals surface area (Å²) in [5.74, 6) is 1.37. The lowest BCUT2D eigenvalue weighted by atomic mass is 10.2. The average Bonchev–Trinajstić information content (AvgIpc) is 3.44. The molecule has 7 nitrogen and oxygen atoms in total. The van der Waals surface area contributed by atoms with E-state index in [1.807, 2.05) is 17.0 Å². The Labute approximate surface area is 189 Å². The number of halogens is 2.